The molecule has 4 unspecified atom stereocenters. The molecule has 0 amide bonds. The highest BCUT2D eigenvalue weighted by Gasteiger charge is 2.73. The molecule has 4 saturated heterocycles. The molecule has 4 aliphatic rings. The molecule has 5 heterocycles. The van der Waals surface area contributed by atoms with Crippen molar-refractivity contribution < 1.29 is 31.7 Å². The van der Waals surface area contributed by atoms with Gasteiger partial charge in [-0.1, -0.05) is 97.1 Å². The van der Waals surface area contributed by atoms with Gasteiger partial charge in [0.2, 0.25) is 0 Å². The van der Waals surface area contributed by atoms with Crippen LogP contribution < -0.4 is 9.05 Å². The lowest BCUT2D eigenvalue weighted by atomic mass is 9.98. The number of rotatable bonds is 5. The van der Waals surface area contributed by atoms with E-state index in [1.807, 2.05) is 68.4 Å². The number of ether oxygens (including phenoxy) is 3. The fourth-order valence-electron chi connectivity index (χ4n) is 8.86. The van der Waals surface area contributed by atoms with Crippen LogP contribution in [0.25, 0.3) is 54.6 Å². The fraction of sp³-hybridized carbons (Fsp3) is 0.238. The van der Waals surface area contributed by atoms with Gasteiger partial charge in [-0.2, -0.15) is 0 Å². The maximum atomic E-state index is 7.06. The van der Waals surface area contributed by atoms with Crippen LogP contribution in [0.15, 0.2) is 130 Å². The molecule has 4 aliphatic heterocycles. The second-order valence-electron chi connectivity index (χ2n) is 14.5. The molecule has 0 saturated carbocycles. The predicted octanol–water partition coefficient (Wildman–Crippen LogP) is 12.6. The molecule has 256 valence electrons. The largest absolute Gasteiger partial charge is 0.468 e. The summed E-state index contributed by atoms with van der Waals surface area (Å²) < 4.78 is 46.8. The number of fused-ring (bicyclic) bond motifs is 7. The van der Waals surface area contributed by atoms with E-state index < -0.39 is 38.6 Å². The summed E-state index contributed by atoms with van der Waals surface area (Å²) in [5.41, 5.74) is 3.19. The van der Waals surface area contributed by atoms with E-state index >= 15 is 0 Å². The minimum atomic E-state index is -1.92. The summed E-state index contributed by atoms with van der Waals surface area (Å²) >= 11 is 0. The molecular weight excluding hydrogens is 678 g/mol. The second-order valence-corrected chi connectivity index (χ2v) is 18.1. The molecule has 0 spiro atoms. The zero-order chi connectivity index (χ0) is 34.6. The Hall–Kier alpha value is -4.35. The Bertz CT molecular complexity index is 2440. The zero-order valence-corrected chi connectivity index (χ0v) is 30.5. The van der Waals surface area contributed by atoms with Crippen LogP contribution in [0.1, 0.15) is 40.5 Å². The van der Waals surface area contributed by atoms with Gasteiger partial charge in [-0.05, 0) is 73.5 Å². The highest BCUT2D eigenvalue weighted by atomic mass is 31.1. The summed E-state index contributed by atoms with van der Waals surface area (Å²) in [6.45, 7) is 8.31. The summed E-state index contributed by atoms with van der Waals surface area (Å²) in [5.74, 6) is -0.0641. The van der Waals surface area contributed by atoms with Gasteiger partial charge in [0, 0.05) is 34.7 Å². The Morgan fingerprint density at radius 3 is 1.47 bits per heavy atom. The lowest BCUT2D eigenvalue weighted by molar-refractivity contribution is -0.469. The van der Waals surface area contributed by atoms with E-state index in [1.54, 1.807) is 0 Å². The standard InChI is InChI=1S/C42H36O7P2/c1-39-25-41(3)49-40(2,47-39)26-42(4,48-39)50(41)43-33-19-11-9-17-31(33)32-18-10-12-20-34(32)44-51-45-35-23-21-27-13-5-7-15-29(27)37(35)38-30-16-8-6-14-28(30)22-24-36(38)46-51/h5-24H,25-26H2,1-4H3. The monoisotopic (exact) mass is 714 g/mol. The Kier molecular flexibility index (Phi) is 6.82. The van der Waals surface area contributed by atoms with E-state index in [4.69, 9.17) is 31.7 Å². The smallest absolute Gasteiger partial charge is 0.453 e. The first-order chi connectivity index (χ1) is 24.6. The SMILES string of the molecule is CC12CC3(C)OC(C)(CC(C)(O1)P3Oc1ccccc1-c1ccccc1Op1oc3ccc4ccccc4c3c3c(ccc4ccccc43)o1)O2. The lowest BCUT2D eigenvalue weighted by Crippen LogP contribution is -2.71. The van der Waals surface area contributed by atoms with Crippen molar-refractivity contribution >= 4 is 59.9 Å². The van der Waals surface area contributed by atoms with Crippen LogP contribution in [0.5, 0.6) is 11.5 Å². The molecule has 0 radical (unpaired) electrons. The van der Waals surface area contributed by atoms with Crippen molar-refractivity contribution in [1.82, 2.24) is 0 Å². The summed E-state index contributed by atoms with van der Waals surface area (Å²) in [7, 11) is -3.16. The van der Waals surface area contributed by atoms with Crippen LogP contribution in [0.2, 0.25) is 0 Å². The third-order valence-corrected chi connectivity index (χ3v) is 13.9. The first-order valence-corrected chi connectivity index (χ1v) is 19.6. The van der Waals surface area contributed by atoms with Crippen molar-refractivity contribution in [2.24, 2.45) is 0 Å². The van der Waals surface area contributed by atoms with Crippen LogP contribution in [0, 0.1) is 0 Å². The van der Waals surface area contributed by atoms with Crippen LogP contribution in [0.3, 0.4) is 0 Å². The zero-order valence-electron chi connectivity index (χ0n) is 28.7. The first-order valence-electron chi connectivity index (χ1n) is 17.3. The Morgan fingerprint density at radius 2 is 0.941 bits per heavy atom. The van der Waals surface area contributed by atoms with Crippen LogP contribution in [-0.4, -0.2) is 22.3 Å². The van der Waals surface area contributed by atoms with E-state index in [9.17, 15) is 0 Å². The van der Waals surface area contributed by atoms with E-state index in [0.717, 1.165) is 49.2 Å². The number of hydrogen-bond acceptors (Lipinski definition) is 7. The highest BCUT2D eigenvalue weighted by Crippen LogP contribution is 2.76. The van der Waals surface area contributed by atoms with Gasteiger partial charge in [0.15, 0.2) is 19.7 Å². The molecule has 0 aliphatic carbocycles. The normalized spacial score (nSPS) is 28.1. The molecular formula is C42H36O7P2. The van der Waals surface area contributed by atoms with Crippen molar-refractivity contribution in [3.05, 3.63) is 121 Å². The van der Waals surface area contributed by atoms with Gasteiger partial charge in [0.1, 0.15) is 33.3 Å². The molecule has 0 N–H and O–H groups in total. The third-order valence-electron chi connectivity index (χ3n) is 10.3. The van der Waals surface area contributed by atoms with Crippen molar-refractivity contribution in [1.29, 1.82) is 0 Å². The molecule has 9 heteroatoms. The molecule has 6 aromatic carbocycles. The summed E-state index contributed by atoms with van der Waals surface area (Å²) in [4.78, 5) is 0. The van der Waals surface area contributed by atoms with Crippen molar-refractivity contribution in [2.75, 3.05) is 0 Å². The van der Waals surface area contributed by atoms with Gasteiger partial charge < -0.3 is 31.7 Å². The third kappa shape index (κ3) is 5.02. The Balaban J connectivity index is 1.10. The van der Waals surface area contributed by atoms with E-state index in [2.05, 4.69) is 80.6 Å². The van der Waals surface area contributed by atoms with Gasteiger partial charge >= 0.3 is 8.24 Å². The predicted molar refractivity (Wildman–Crippen MR) is 203 cm³/mol. The minimum Gasteiger partial charge on any atom is -0.468 e. The molecule has 1 aromatic heterocycles. The van der Waals surface area contributed by atoms with E-state index in [1.165, 1.54) is 0 Å². The average Bonchev–Trinajstić information content (AvgIpc) is 3.25. The Morgan fingerprint density at radius 1 is 0.490 bits per heavy atom. The van der Waals surface area contributed by atoms with Crippen molar-refractivity contribution in [2.45, 2.75) is 62.8 Å². The molecule has 4 atom stereocenters. The number of hydrogen-bond donors (Lipinski definition) is 0. The summed E-state index contributed by atoms with van der Waals surface area (Å²) in [6.07, 6.45) is 1.18. The molecule has 7 aromatic rings. The van der Waals surface area contributed by atoms with Gasteiger partial charge in [-0.25, -0.2) is 0 Å². The van der Waals surface area contributed by atoms with Crippen molar-refractivity contribution in [3.8, 4) is 22.6 Å². The number of para-hydroxylation sites is 2. The Labute approximate surface area is 297 Å². The average molecular weight is 715 g/mol. The first kappa shape index (κ1) is 31.4. The van der Waals surface area contributed by atoms with Gasteiger partial charge in [0.25, 0.3) is 0 Å². The second kappa shape index (κ2) is 11.1. The van der Waals surface area contributed by atoms with Gasteiger partial charge in [0.05, 0.1) is 0 Å². The molecule has 11 rings (SSSR count). The van der Waals surface area contributed by atoms with E-state index in [-0.39, 0.29) is 0 Å². The molecule has 7 nitrogen and oxygen atoms in total. The fourth-order valence-corrected chi connectivity index (χ4v) is 13.1. The number of benzene rings is 6. The topological polar surface area (TPSA) is 72.4 Å². The highest BCUT2D eigenvalue weighted by molar-refractivity contribution is 7.56. The van der Waals surface area contributed by atoms with E-state index in [0.29, 0.717) is 29.8 Å². The molecule has 51 heavy (non-hydrogen) atoms. The minimum absolute atomic E-state index is 0.550. The molecule has 4 fully saturated rings. The van der Waals surface area contributed by atoms with Crippen LogP contribution >= 0.6 is 16.4 Å². The van der Waals surface area contributed by atoms with Gasteiger partial charge in [-0.3, -0.25) is 0 Å². The maximum Gasteiger partial charge on any atom is 0.453 e. The summed E-state index contributed by atoms with van der Waals surface area (Å²) in [5, 5.41) is 5.34. The molecule has 4 bridgehead atoms. The van der Waals surface area contributed by atoms with Gasteiger partial charge in [-0.15, -0.1) is 0 Å². The van der Waals surface area contributed by atoms with Crippen LogP contribution in [-0.2, 0) is 14.2 Å². The maximum absolute atomic E-state index is 7.06. The van der Waals surface area contributed by atoms with Crippen LogP contribution in [0.4, 0.5) is 0 Å². The van der Waals surface area contributed by atoms with Crippen molar-refractivity contribution in [3.63, 3.8) is 0 Å². The lowest BCUT2D eigenvalue weighted by Gasteiger charge is -2.68. The quantitative estimate of drug-likeness (QED) is 0.164. The summed E-state index contributed by atoms with van der Waals surface area (Å²) in [6, 6.07) is 41.0.